The lowest BCUT2D eigenvalue weighted by Gasteiger charge is -2.71. The fourth-order valence-electron chi connectivity index (χ4n) is 13.6. The molecule has 16 nitrogen and oxygen atoms in total. The topological polar surface area (TPSA) is 273 Å². The maximum Gasteiger partial charge on any atom is 0.317 e. The van der Waals surface area contributed by atoms with E-state index in [-0.39, 0.29) is 24.2 Å². The molecular weight excluding hydrogens is 760 g/mol. The fourth-order valence-corrected chi connectivity index (χ4v) is 13.6. The molecule has 2 heterocycles. The Morgan fingerprint density at radius 3 is 1.79 bits per heavy atom. The number of aliphatic hydroxyl groups is 10. The van der Waals surface area contributed by atoms with Gasteiger partial charge in [0.05, 0.1) is 35.7 Å². The number of esters is 2. The normalized spacial score (nSPS) is 55.4. The van der Waals surface area contributed by atoms with E-state index in [0.29, 0.717) is 51.4 Å². The molecule has 6 fully saturated rings. The molecule has 2 saturated heterocycles. The number of aliphatic hydroxyl groups excluding tert-OH is 9. The van der Waals surface area contributed by atoms with E-state index in [0.717, 1.165) is 5.57 Å². The minimum atomic E-state index is -1.79. The fraction of sp³-hybridized carbons (Fsp3) is 0.905. The van der Waals surface area contributed by atoms with Gasteiger partial charge >= 0.3 is 11.9 Å². The highest BCUT2D eigenvalue weighted by molar-refractivity contribution is 5.80. The summed E-state index contributed by atoms with van der Waals surface area (Å²) in [6, 6.07) is 0. The van der Waals surface area contributed by atoms with Gasteiger partial charge in [-0.25, -0.2) is 0 Å². The SMILES string of the molecule is C[C@@H]1CC[C@]2(C(=O)O[C@@H]3O[C@H](CO)[C@@H](O)[C@H](O)[C@H]3O)CC[C@]3(C)C(=CC[C@@H]4[C@@]5(C)CC[C@H](O)[C@](C)(C(=O)O[C@@H]6O[C@H](CO)[C@@H](O)[C@H](O)[C@H]6O)[C@@H]5CC[C@]43C)[C@@H]2[C@]1(C)O. The highest BCUT2D eigenvalue weighted by atomic mass is 16.7. The molecule has 7 aliphatic rings. The van der Waals surface area contributed by atoms with E-state index in [1.807, 2.05) is 6.92 Å². The third-order valence-electron chi connectivity index (χ3n) is 17.7. The molecule has 4 saturated carbocycles. The highest BCUT2D eigenvalue weighted by Gasteiger charge is 2.73. The Balaban J connectivity index is 1.21. The van der Waals surface area contributed by atoms with E-state index >= 15 is 0 Å². The first-order valence-electron chi connectivity index (χ1n) is 21.2. The van der Waals surface area contributed by atoms with Gasteiger partial charge in [-0.05, 0) is 106 Å². The molecule has 2 aliphatic heterocycles. The van der Waals surface area contributed by atoms with Crippen molar-refractivity contribution in [2.75, 3.05) is 13.2 Å². The number of fused-ring (bicyclic) bond motifs is 7. The monoisotopic (exact) mass is 826 g/mol. The number of carbonyl (C=O) groups excluding carboxylic acids is 2. The Labute approximate surface area is 339 Å². The smallest absolute Gasteiger partial charge is 0.317 e. The van der Waals surface area contributed by atoms with Crippen molar-refractivity contribution in [1.29, 1.82) is 0 Å². The van der Waals surface area contributed by atoms with E-state index in [1.54, 1.807) is 13.8 Å². The van der Waals surface area contributed by atoms with Crippen LogP contribution in [0.1, 0.15) is 99.3 Å². The first-order valence-corrected chi connectivity index (χ1v) is 21.2. The summed E-state index contributed by atoms with van der Waals surface area (Å²) in [6.45, 7) is 10.7. The Morgan fingerprint density at radius 2 is 1.24 bits per heavy atom. The van der Waals surface area contributed by atoms with Crippen LogP contribution in [-0.2, 0) is 28.5 Å². The summed E-state index contributed by atoms with van der Waals surface area (Å²) in [5, 5.41) is 107. The Kier molecular flexibility index (Phi) is 11.4. The number of hydrogen-bond donors (Lipinski definition) is 10. The summed E-state index contributed by atoms with van der Waals surface area (Å²) < 4.78 is 22.7. The van der Waals surface area contributed by atoms with Crippen LogP contribution in [0.2, 0.25) is 0 Å². The van der Waals surface area contributed by atoms with Crippen LogP contribution in [0.5, 0.6) is 0 Å². The van der Waals surface area contributed by atoms with Crippen LogP contribution in [0, 0.1) is 50.7 Å². The molecule has 0 unspecified atom stereocenters. The lowest BCUT2D eigenvalue weighted by atomic mass is 9.33. The molecule has 0 aromatic rings. The predicted octanol–water partition coefficient (Wildman–Crippen LogP) is -0.214. The summed E-state index contributed by atoms with van der Waals surface area (Å²) in [5.74, 6) is -2.77. The Bertz CT molecular complexity index is 1620. The van der Waals surface area contributed by atoms with Gasteiger partial charge < -0.3 is 70.0 Å². The molecule has 0 aromatic carbocycles. The molecule has 10 N–H and O–H groups in total. The molecule has 5 aliphatic carbocycles. The van der Waals surface area contributed by atoms with Crippen molar-refractivity contribution in [3.63, 3.8) is 0 Å². The van der Waals surface area contributed by atoms with Crippen LogP contribution in [0.3, 0.4) is 0 Å². The Hall–Kier alpha value is -1.80. The van der Waals surface area contributed by atoms with Crippen molar-refractivity contribution in [1.82, 2.24) is 0 Å². The summed E-state index contributed by atoms with van der Waals surface area (Å²) in [5.41, 5.74) is -4.51. The number of rotatable bonds is 6. The van der Waals surface area contributed by atoms with Gasteiger partial charge in [-0.3, -0.25) is 9.59 Å². The van der Waals surface area contributed by atoms with E-state index in [9.17, 15) is 60.7 Å². The van der Waals surface area contributed by atoms with Gasteiger partial charge in [-0.1, -0.05) is 39.3 Å². The molecule has 0 spiro atoms. The second-order valence-corrected chi connectivity index (χ2v) is 20.1. The van der Waals surface area contributed by atoms with Crippen molar-refractivity contribution in [3.8, 4) is 0 Å². The summed E-state index contributed by atoms with van der Waals surface area (Å²) in [4.78, 5) is 29.0. The third-order valence-corrected chi connectivity index (χ3v) is 17.7. The molecular formula is C42H66O16. The van der Waals surface area contributed by atoms with Crippen molar-refractivity contribution in [2.24, 2.45) is 50.7 Å². The summed E-state index contributed by atoms with van der Waals surface area (Å²) in [7, 11) is 0. The molecule has 330 valence electrons. The maximum absolute atomic E-state index is 14.6. The van der Waals surface area contributed by atoms with Crippen LogP contribution in [0.25, 0.3) is 0 Å². The molecule has 0 aromatic heterocycles. The standard InChI is InChI=1S/C42H66O16/c1-19-9-14-42(36(53)58-34-31(51)29(49)27(47)22(18-44)56-34)16-15-38(3)20(32(42)41(19,6)54)7-8-23-37(2)12-11-25(45)40(5,24(37)10-13-39(23,38)4)35(52)57-33-30(50)28(48)26(46)21(17-43)55-33/h7,19,21-34,43-51,54H,8-18H2,1-6H3/t19-,21-,22-,23-,24-,25+,26-,27-,28+,29+,30-,31-,32-,33+,34+,37-,38-,39-,40-,41-,42+/m1/s1. The van der Waals surface area contributed by atoms with Gasteiger partial charge in [0, 0.05) is 5.92 Å². The zero-order valence-corrected chi connectivity index (χ0v) is 34.4. The zero-order valence-electron chi connectivity index (χ0n) is 34.4. The van der Waals surface area contributed by atoms with Gasteiger partial charge in [-0.2, -0.15) is 0 Å². The lowest BCUT2D eigenvalue weighted by molar-refractivity contribution is -0.301. The van der Waals surface area contributed by atoms with E-state index in [2.05, 4.69) is 26.8 Å². The van der Waals surface area contributed by atoms with Crippen molar-refractivity contribution in [2.45, 2.75) is 172 Å². The average molecular weight is 827 g/mol. The van der Waals surface area contributed by atoms with E-state index in [4.69, 9.17) is 18.9 Å². The largest absolute Gasteiger partial charge is 0.432 e. The van der Waals surface area contributed by atoms with Crippen LogP contribution in [0.15, 0.2) is 11.6 Å². The molecule has 0 amide bonds. The zero-order chi connectivity index (χ0) is 42.7. The van der Waals surface area contributed by atoms with Crippen LogP contribution in [-0.4, -0.2) is 149 Å². The summed E-state index contributed by atoms with van der Waals surface area (Å²) >= 11 is 0. The van der Waals surface area contributed by atoms with Gasteiger partial charge in [-0.15, -0.1) is 0 Å². The average Bonchev–Trinajstić information content (AvgIpc) is 3.18. The summed E-state index contributed by atoms with van der Waals surface area (Å²) in [6.07, 6.45) is -10.7. The first kappa shape index (κ1) is 44.3. The van der Waals surface area contributed by atoms with E-state index < -0.39 is 131 Å². The number of hydrogen-bond acceptors (Lipinski definition) is 16. The molecule has 7 rings (SSSR count). The highest BCUT2D eigenvalue weighted by Crippen LogP contribution is 2.76. The minimum Gasteiger partial charge on any atom is -0.432 e. The molecule has 21 atom stereocenters. The van der Waals surface area contributed by atoms with Crippen LogP contribution >= 0.6 is 0 Å². The van der Waals surface area contributed by atoms with Crippen molar-refractivity contribution in [3.05, 3.63) is 11.6 Å². The van der Waals surface area contributed by atoms with Gasteiger partial charge in [0.2, 0.25) is 12.6 Å². The third kappa shape index (κ3) is 6.05. The molecule has 16 heteroatoms. The van der Waals surface area contributed by atoms with Crippen LogP contribution < -0.4 is 0 Å². The second-order valence-electron chi connectivity index (χ2n) is 20.1. The number of allylic oxidation sites excluding steroid dienone is 1. The Morgan fingerprint density at radius 1 is 0.690 bits per heavy atom. The lowest BCUT2D eigenvalue weighted by Crippen LogP contribution is -2.69. The quantitative estimate of drug-likeness (QED) is 0.123. The van der Waals surface area contributed by atoms with Crippen LogP contribution in [0.4, 0.5) is 0 Å². The maximum atomic E-state index is 14.6. The number of ether oxygens (including phenoxy) is 4. The van der Waals surface area contributed by atoms with Gasteiger partial charge in [0.15, 0.2) is 0 Å². The molecule has 0 radical (unpaired) electrons. The van der Waals surface area contributed by atoms with E-state index in [1.165, 1.54) is 0 Å². The predicted molar refractivity (Wildman–Crippen MR) is 200 cm³/mol. The van der Waals surface area contributed by atoms with Gasteiger partial charge in [0.1, 0.15) is 48.8 Å². The first-order chi connectivity index (χ1) is 27.0. The molecule has 0 bridgehead atoms. The van der Waals surface area contributed by atoms with Gasteiger partial charge in [0.25, 0.3) is 0 Å². The second kappa shape index (κ2) is 14.9. The molecule has 58 heavy (non-hydrogen) atoms. The number of carbonyl (C=O) groups is 2. The van der Waals surface area contributed by atoms with Crippen molar-refractivity contribution >= 4 is 11.9 Å². The minimum absolute atomic E-state index is 0.0149. The van der Waals surface area contributed by atoms with Crippen molar-refractivity contribution < 1.29 is 79.6 Å².